The van der Waals surface area contributed by atoms with Gasteiger partial charge in [0.2, 0.25) is 11.8 Å². The summed E-state index contributed by atoms with van der Waals surface area (Å²) in [6.07, 6.45) is 1.79. The number of hydrogen-bond acceptors (Lipinski definition) is 4. The highest BCUT2D eigenvalue weighted by atomic mass is 16.2. The number of carbonyl (C=O) groups is 2. The molecule has 1 aromatic carbocycles. The zero-order chi connectivity index (χ0) is 20.6. The van der Waals surface area contributed by atoms with Crippen molar-refractivity contribution in [3.05, 3.63) is 47.8 Å². The fraction of sp³-hybridized carbons (Fsp3) is 0.409. The number of rotatable bonds is 4. The van der Waals surface area contributed by atoms with Gasteiger partial charge in [-0.15, -0.1) is 0 Å². The van der Waals surface area contributed by atoms with Gasteiger partial charge in [-0.25, -0.2) is 0 Å². The summed E-state index contributed by atoms with van der Waals surface area (Å²) < 4.78 is 0. The van der Waals surface area contributed by atoms with Gasteiger partial charge in [-0.3, -0.25) is 14.6 Å². The highest BCUT2D eigenvalue weighted by Crippen LogP contribution is 2.39. The molecule has 0 atom stereocenters. The van der Waals surface area contributed by atoms with Gasteiger partial charge in [-0.1, -0.05) is 6.07 Å². The summed E-state index contributed by atoms with van der Waals surface area (Å²) >= 11 is 0. The predicted molar refractivity (Wildman–Crippen MR) is 113 cm³/mol. The van der Waals surface area contributed by atoms with Crippen molar-refractivity contribution in [1.82, 2.24) is 4.98 Å². The van der Waals surface area contributed by atoms with E-state index in [1.807, 2.05) is 51.2 Å². The summed E-state index contributed by atoms with van der Waals surface area (Å²) in [6.45, 7) is 8.50. The van der Waals surface area contributed by atoms with Crippen LogP contribution in [0.25, 0.3) is 0 Å². The Balaban J connectivity index is 2.00. The van der Waals surface area contributed by atoms with Crippen molar-refractivity contribution >= 4 is 28.9 Å². The summed E-state index contributed by atoms with van der Waals surface area (Å²) in [5.74, 6) is -0.357. The normalized spacial score (nSPS) is 16.1. The minimum absolute atomic E-state index is 0.165. The fourth-order valence-corrected chi connectivity index (χ4v) is 3.78. The predicted octanol–water partition coefficient (Wildman–Crippen LogP) is 3.38. The van der Waals surface area contributed by atoms with Gasteiger partial charge >= 0.3 is 0 Å². The molecule has 3 rings (SSSR count). The maximum Gasteiger partial charge on any atom is 0.242 e. The summed E-state index contributed by atoms with van der Waals surface area (Å²) in [7, 11) is 3.77. The van der Waals surface area contributed by atoms with Crippen LogP contribution in [0.3, 0.4) is 0 Å². The maximum absolute atomic E-state index is 13.0. The van der Waals surface area contributed by atoms with Crippen molar-refractivity contribution in [1.29, 1.82) is 0 Å². The molecule has 2 amide bonds. The number of anilines is 3. The Hall–Kier alpha value is -2.89. The maximum atomic E-state index is 13.0. The third-order valence-electron chi connectivity index (χ3n) is 5.44. The van der Waals surface area contributed by atoms with Gasteiger partial charge in [0, 0.05) is 33.4 Å². The second-order valence-corrected chi connectivity index (χ2v) is 7.83. The molecule has 6 heteroatoms. The van der Waals surface area contributed by atoms with Crippen LogP contribution >= 0.6 is 0 Å². The Morgan fingerprint density at radius 1 is 1.11 bits per heavy atom. The van der Waals surface area contributed by atoms with Crippen molar-refractivity contribution in [2.45, 2.75) is 34.2 Å². The van der Waals surface area contributed by atoms with Crippen LogP contribution in [0.4, 0.5) is 17.1 Å². The van der Waals surface area contributed by atoms with E-state index in [1.165, 1.54) is 0 Å². The SMILES string of the molecule is CCN1C(=O)C(C)(C)C(=O)N(C)c2cc(CN(C)c3cccnc3C)ccc21. The summed E-state index contributed by atoms with van der Waals surface area (Å²) in [6, 6.07) is 9.94. The van der Waals surface area contributed by atoms with Crippen LogP contribution in [-0.4, -0.2) is 37.4 Å². The number of aryl methyl sites for hydroxylation is 1. The molecule has 2 heterocycles. The van der Waals surface area contributed by atoms with Gasteiger partial charge in [0.25, 0.3) is 0 Å². The Morgan fingerprint density at radius 3 is 2.46 bits per heavy atom. The molecule has 1 aliphatic heterocycles. The highest BCUT2D eigenvalue weighted by Gasteiger charge is 2.45. The van der Waals surface area contributed by atoms with Gasteiger partial charge in [0.15, 0.2) is 0 Å². The molecule has 28 heavy (non-hydrogen) atoms. The van der Waals surface area contributed by atoms with Crippen molar-refractivity contribution in [2.24, 2.45) is 5.41 Å². The summed E-state index contributed by atoms with van der Waals surface area (Å²) in [4.78, 5) is 35.7. The number of aromatic nitrogens is 1. The molecule has 148 valence electrons. The van der Waals surface area contributed by atoms with Gasteiger partial charge < -0.3 is 14.7 Å². The smallest absolute Gasteiger partial charge is 0.242 e. The zero-order valence-electron chi connectivity index (χ0n) is 17.5. The standard InChI is InChI=1S/C22H28N4O2/c1-7-26-18-11-10-16(14-24(5)17-9-8-12-23-15(17)2)13-19(18)25(6)20(27)22(3,4)21(26)28/h8-13H,7,14H2,1-6H3. The van der Waals surface area contributed by atoms with E-state index in [0.29, 0.717) is 13.1 Å². The quantitative estimate of drug-likeness (QED) is 0.763. The van der Waals surface area contributed by atoms with E-state index in [1.54, 1.807) is 36.9 Å². The fourth-order valence-electron chi connectivity index (χ4n) is 3.78. The van der Waals surface area contributed by atoms with E-state index in [9.17, 15) is 9.59 Å². The number of benzene rings is 1. The van der Waals surface area contributed by atoms with Gasteiger partial charge in [0.05, 0.1) is 22.8 Å². The van der Waals surface area contributed by atoms with E-state index in [4.69, 9.17) is 0 Å². The van der Waals surface area contributed by atoms with Gasteiger partial charge in [-0.05, 0) is 57.5 Å². The molecule has 0 saturated carbocycles. The molecule has 2 aromatic rings. The third kappa shape index (κ3) is 3.23. The number of nitrogens with zero attached hydrogens (tertiary/aromatic N) is 4. The zero-order valence-corrected chi connectivity index (χ0v) is 17.5. The molecule has 0 bridgehead atoms. The van der Waals surface area contributed by atoms with Crippen molar-refractivity contribution < 1.29 is 9.59 Å². The monoisotopic (exact) mass is 380 g/mol. The minimum atomic E-state index is -1.09. The number of carbonyl (C=O) groups excluding carboxylic acids is 2. The lowest BCUT2D eigenvalue weighted by molar-refractivity contribution is -0.137. The van der Waals surface area contributed by atoms with Crippen LogP contribution in [0.1, 0.15) is 32.0 Å². The Labute approximate surface area is 166 Å². The molecular weight excluding hydrogens is 352 g/mol. The summed E-state index contributed by atoms with van der Waals surface area (Å²) in [5.41, 5.74) is 3.54. The number of amides is 2. The molecule has 0 unspecified atom stereocenters. The lowest BCUT2D eigenvalue weighted by Crippen LogP contribution is -2.47. The molecule has 0 spiro atoms. The first kappa shape index (κ1) is 19.9. The third-order valence-corrected chi connectivity index (χ3v) is 5.44. The van der Waals surface area contributed by atoms with Crippen LogP contribution in [-0.2, 0) is 16.1 Å². The molecule has 1 aliphatic rings. The van der Waals surface area contributed by atoms with E-state index in [-0.39, 0.29) is 11.8 Å². The van der Waals surface area contributed by atoms with Crippen LogP contribution < -0.4 is 14.7 Å². The molecule has 1 aromatic heterocycles. The largest absolute Gasteiger partial charge is 0.369 e. The number of pyridine rings is 1. The van der Waals surface area contributed by atoms with Crippen molar-refractivity contribution in [3.63, 3.8) is 0 Å². The van der Waals surface area contributed by atoms with Crippen LogP contribution in [0.15, 0.2) is 36.5 Å². The minimum Gasteiger partial charge on any atom is -0.369 e. The lowest BCUT2D eigenvalue weighted by Gasteiger charge is -2.27. The van der Waals surface area contributed by atoms with Crippen molar-refractivity contribution in [3.8, 4) is 0 Å². The highest BCUT2D eigenvalue weighted by molar-refractivity contribution is 6.19. The molecule has 0 radical (unpaired) electrons. The van der Waals surface area contributed by atoms with Crippen LogP contribution in [0, 0.1) is 12.3 Å². The van der Waals surface area contributed by atoms with E-state index < -0.39 is 5.41 Å². The molecule has 6 nitrogen and oxygen atoms in total. The molecule has 0 N–H and O–H groups in total. The number of hydrogen-bond donors (Lipinski definition) is 0. The Morgan fingerprint density at radius 2 is 1.82 bits per heavy atom. The van der Waals surface area contributed by atoms with E-state index in [0.717, 1.165) is 28.3 Å². The van der Waals surface area contributed by atoms with Crippen LogP contribution in [0.5, 0.6) is 0 Å². The number of fused-ring (bicyclic) bond motifs is 1. The molecular formula is C22H28N4O2. The average Bonchev–Trinajstić information content (AvgIpc) is 2.72. The van der Waals surface area contributed by atoms with E-state index in [2.05, 4.69) is 9.88 Å². The second kappa shape index (κ2) is 7.26. The topological polar surface area (TPSA) is 56.8 Å². The summed E-state index contributed by atoms with van der Waals surface area (Å²) in [5, 5.41) is 0. The Bertz CT molecular complexity index is 923. The average molecular weight is 380 g/mol. The first-order chi connectivity index (χ1) is 13.2. The molecule has 0 saturated heterocycles. The van der Waals surface area contributed by atoms with Gasteiger partial charge in [-0.2, -0.15) is 0 Å². The second-order valence-electron chi connectivity index (χ2n) is 7.83. The lowest BCUT2D eigenvalue weighted by atomic mass is 9.90. The van der Waals surface area contributed by atoms with Crippen molar-refractivity contribution in [2.75, 3.05) is 35.3 Å². The Kier molecular flexibility index (Phi) is 5.15. The molecule has 0 aliphatic carbocycles. The first-order valence-electron chi connectivity index (χ1n) is 9.54. The molecule has 0 fully saturated rings. The van der Waals surface area contributed by atoms with E-state index >= 15 is 0 Å². The first-order valence-corrected chi connectivity index (χ1v) is 9.54. The van der Waals surface area contributed by atoms with Crippen LogP contribution in [0.2, 0.25) is 0 Å². The van der Waals surface area contributed by atoms with Gasteiger partial charge in [0.1, 0.15) is 5.41 Å².